The first-order chi connectivity index (χ1) is 7.72. The normalized spacial score (nSPS) is 20.8. The zero-order valence-corrected chi connectivity index (χ0v) is 12.0. The SMILES string of the molecule is CC(C)C(=O)[C@@H]1CSCN1C(=O)OC(C)(C)C. The molecule has 4 nitrogen and oxygen atoms in total. The summed E-state index contributed by atoms with van der Waals surface area (Å²) < 4.78 is 5.30. The van der Waals surface area contributed by atoms with E-state index >= 15 is 0 Å². The first-order valence-electron chi connectivity index (χ1n) is 5.83. The van der Waals surface area contributed by atoms with Crippen molar-refractivity contribution in [3.05, 3.63) is 0 Å². The molecule has 0 aromatic rings. The van der Waals surface area contributed by atoms with E-state index in [0.29, 0.717) is 11.6 Å². The second kappa shape index (κ2) is 5.29. The summed E-state index contributed by atoms with van der Waals surface area (Å²) in [6.45, 7) is 9.20. The summed E-state index contributed by atoms with van der Waals surface area (Å²) >= 11 is 1.59. The van der Waals surface area contributed by atoms with Gasteiger partial charge in [-0.25, -0.2) is 4.79 Å². The topological polar surface area (TPSA) is 46.6 Å². The summed E-state index contributed by atoms with van der Waals surface area (Å²) in [5.74, 6) is 1.28. The van der Waals surface area contributed by atoms with Gasteiger partial charge < -0.3 is 4.74 Å². The van der Waals surface area contributed by atoms with Gasteiger partial charge in [0.25, 0.3) is 0 Å². The lowest BCUT2D eigenvalue weighted by molar-refractivity contribution is -0.125. The molecule has 1 rings (SSSR count). The summed E-state index contributed by atoms with van der Waals surface area (Å²) in [5, 5.41) is 0. The maximum atomic E-state index is 12.0. The zero-order valence-electron chi connectivity index (χ0n) is 11.1. The van der Waals surface area contributed by atoms with E-state index in [4.69, 9.17) is 4.74 Å². The molecule has 0 unspecified atom stereocenters. The number of rotatable bonds is 2. The first kappa shape index (κ1) is 14.4. The predicted molar refractivity (Wildman–Crippen MR) is 69.0 cm³/mol. The summed E-state index contributed by atoms with van der Waals surface area (Å²) in [5.41, 5.74) is -0.518. The van der Waals surface area contributed by atoms with Crippen molar-refractivity contribution < 1.29 is 14.3 Å². The van der Waals surface area contributed by atoms with Crippen molar-refractivity contribution in [2.24, 2.45) is 5.92 Å². The maximum Gasteiger partial charge on any atom is 0.411 e. The zero-order chi connectivity index (χ0) is 13.2. The van der Waals surface area contributed by atoms with Crippen LogP contribution in [-0.2, 0) is 9.53 Å². The van der Waals surface area contributed by atoms with E-state index in [2.05, 4.69) is 0 Å². The molecular weight excluding hydrogens is 238 g/mol. The van der Waals surface area contributed by atoms with Crippen molar-refractivity contribution in [1.82, 2.24) is 4.90 Å². The van der Waals surface area contributed by atoms with Crippen LogP contribution in [0.3, 0.4) is 0 Å². The fourth-order valence-electron chi connectivity index (χ4n) is 1.56. The average Bonchev–Trinajstić information content (AvgIpc) is 2.61. The average molecular weight is 259 g/mol. The third kappa shape index (κ3) is 3.91. The monoisotopic (exact) mass is 259 g/mol. The van der Waals surface area contributed by atoms with Gasteiger partial charge in [0, 0.05) is 11.7 Å². The van der Waals surface area contributed by atoms with Crippen LogP contribution in [0.4, 0.5) is 4.79 Å². The molecule has 1 amide bonds. The molecule has 0 aromatic heterocycles. The van der Waals surface area contributed by atoms with E-state index in [1.54, 1.807) is 11.8 Å². The van der Waals surface area contributed by atoms with E-state index in [0.717, 1.165) is 0 Å². The molecule has 0 aromatic carbocycles. The third-order valence-corrected chi connectivity index (χ3v) is 3.42. The van der Waals surface area contributed by atoms with E-state index in [9.17, 15) is 9.59 Å². The molecule has 0 aliphatic carbocycles. The number of carbonyl (C=O) groups excluding carboxylic acids is 2. The molecule has 0 saturated carbocycles. The van der Waals surface area contributed by atoms with Crippen molar-refractivity contribution in [3.8, 4) is 0 Å². The van der Waals surface area contributed by atoms with Crippen LogP contribution in [-0.4, -0.2) is 40.0 Å². The lowest BCUT2D eigenvalue weighted by Gasteiger charge is -2.28. The summed E-state index contributed by atoms with van der Waals surface area (Å²) in [4.78, 5) is 25.4. The molecule has 1 saturated heterocycles. The van der Waals surface area contributed by atoms with Crippen molar-refractivity contribution in [2.45, 2.75) is 46.3 Å². The number of thioether (sulfide) groups is 1. The van der Waals surface area contributed by atoms with Gasteiger partial charge in [0.05, 0.1) is 5.88 Å². The molecule has 17 heavy (non-hydrogen) atoms. The highest BCUT2D eigenvalue weighted by Gasteiger charge is 2.37. The van der Waals surface area contributed by atoms with Crippen LogP contribution in [0, 0.1) is 5.92 Å². The number of Topliss-reactive ketones (excluding diaryl/α,β-unsaturated/α-hetero) is 1. The molecule has 1 aliphatic heterocycles. The maximum absolute atomic E-state index is 12.0. The van der Waals surface area contributed by atoms with Gasteiger partial charge in [-0.15, -0.1) is 11.8 Å². The fourth-order valence-corrected chi connectivity index (χ4v) is 2.72. The second-order valence-corrected chi connectivity index (χ2v) is 6.52. The van der Waals surface area contributed by atoms with Crippen LogP contribution < -0.4 is 0 Å². The minimum Gasteiger partial charge on any atom is -0.444 e. The van der Waals surface area contributed by atoms with Gasteiger partial charge in [0.15, 0.2) is 5.78 Å². The van der Waals surface area contributed by atoms with Crippen LogP contribution in [0.5, 0.6) is 0 Å². The Bertz CT molecular complexity index is 309. The molecule has 0 N–H and O–H groups in total. The molecular formula is C12H21NO3S. The van der Waals surface area contributed by atoms with Gasteiger partial charge in [-0.05, 0) is 20.8 Å². The van der Waals surface area contributed by atoms with Crippen LogP contribution in [0.25, 0.3) is 0 Å². The van der Waals surface area contributed by atoms with Crippen LogP contribution in [0.15, 0.2) is 0 Å². The largest absolute Gasteiger partial charge is 0.444 e. The number of ketones is 1. The van der Waals surface area contributed by atoms with Gasteiger partial charge in [-0.1, -0.05) is 13.8 Å². The van der Waals surface area contributed by atoms with E-state index in [-0.39, 0.29) is 23.8 Å². The van der Waals surface area contributed by atoms with Crippen molar-refractivity contribution in [3.63, 3.8) is 0 Å². The Morgan fingerprint density at radius 2 is 1.94 bits per heavy atom. The van der Waals surface area contributed by atoms with Crippen LogP contribution >= 0.6 is 11.8 Å². The molecule has 1 fully saturated rings. The molecule has 1 heterocycles. The van der Waals surface area contributed by atoms with Crippen LogP contribution in [0.2, 0.25) is 0 Å². The minimum atomic E-state index is -0.518. The lowest BCUT2D eigenvalue weighted by Crippen LogP contribution is -2.45. The van der Waals surface area contributed by atoms with Gasteiger partial charge in [0.1, 0.15) is 11.6 Å². The highest BCUT2D eigenvalue weighted by atomic mass is 32.2. The van der Waals surface area contributed by atoms with E-state index < -0.39 is 5.60 Å². The van der Waals surface area contributed by atoms with Gasteiger partial charge in [-0.2, -0.15) is 0 Å². The van der Waals surface area contributed by atoms with Crippen LogP contribution in [0.1, 0.15) is 34.6 Å². The number of nitrogens with zero attached hydrogens (tertiary/aromatic N) is 1. The van der Waals surface area contributed by atoms with Gasteiger partial charge in [-0.3, -0.25) is 9.69 Å². The summed E-state index contributed by atoms with van der Waals surface area (Å²) in [7, 11) is 0. The molecule has 5 heteroatoms. The number of hydrogen-bond donors (Lipinski definition) is 0. The summed E-state index contributed by atoms with van der Waals surface area (Å²) in [6, 6.07) is -0.324. The second-order valence-electron chi connectivity index (χ2n) is 5.52. The fraction of sp³-hybridized carbons (Fsp3) is 0.833. The van der Waals surface area contributed by atoms with Gasteiger partial charge in [0.2, 0.25) is 0 Å². The Hall–Kier alpha value is -0.710. The van der Waals surface area contributed by atoms with Crippen molar-refractivity contribution in [2.75, 3.05) is 11.6 Å². The third-order valence-electron chi connectivity index (χ3n) is 2.41. The Morgan fingerprint density at radius 1 is 1.35 bits per heavy atom. The predicted octanol–water partition coefficient (Wildman–Crippen LogP) is 2.52. The highest BCUT2D eigenvalue weighted by Crippen LogP contribution is 2.25. The molecule has 0 bridgehead atoms. The lowest BCUT2D eigenvalue weighted by atomic mass is 10.0. The standard InChI is InChI=1S/C12H21NO3S/c1-8(2)10(14)9-6-17-7-13(9)11(15)16-12(3,4)5/h8-9H,6-7H2,1-5H3/t9-/m0/s1. The highest BCUT2D eigenvalue weighted by molar-refractivity contribution is 7.99. The Kier molecular flexibility index (Phi) is 4.47. The number of ether oxygens (including phenoxy) is 1. The van der Waals surface area contributed by atoms with Crippen molar-refractivity contribution >= 4 is 23.6 Å². The Balaban J connectivity index is 2.70. The first-order valence-corrected chi connectivity index (χ1v) is 6.99. The number of hydrogen-bond acceptors (Lipinski definition) is 4. The molecule has 1 aliphatic rings. The number of amides is 1. The smallest absolute Gasteiger partial charge is 0.411 e. The molecule has 0 spiro atoms. The Labute approximate surface area is 107 Å². The Morgan fingerprint density at radius 3 is 2.41 bits per heavy atom. The van der Waals surface area contributed by atoms with Gasteiger partial charge >= 0.3 is 6.09 Å². The quantitative estimate of drug-likeness (QED) is 0.764. The number of carbonyl (C=O) groups is 2. The van der Waals surface area contributed by atoms with E-state index in [1.807, 2.05) is 34.6 Å². The van der Waals surface area contributed by atoms with Crippen molar-refractivity contribution in [1.29, 1.82) is 0 Å². The minimum absolute atomic E-state index is 0.0522. The van der Waals surface area contributed by atoms with E-state index in [1.165, 1.54) is 4.90 Å². The molecule has 98 valence electrons. The molecule has 1 atom stereocenters. The molecule has 0 radical (unpaired) electrons. The summed E-state index contributed by atoms with van der Waals surface area (Å²) in [6.07, 6.45) is -0.388.